The molecule has 156 valence electrons. The highest BCUT2D eigenvalue weighted by atomic mass is 35.5. The minimum atomic E-state index is -3.79. The Hall–Kier alpha value is -1.87. The first-order valence-corrected chi connectivity index (χ1v) is 11.1. The van der Waals surface area contributed by atoms with Crippen LogP contribution in [-0.2, 0) is 10.0 Å². The average molecular weight is 461 g/mol. The number of ether oxygens (including phenoxy) is 1. The summed E-state index contributed by atoms with van der Waals surface area (Å²) in [6.07, 6.45) is 2.56. The second kappa shape index (κ2) is 8.87. The number of methoxy groups -OCH3 is 1. The van der Waals surface area contributed by atoms with Crippen LogP contribution in [0.4, 0.5) is 10.1 Å². The summed E-state index contributed by atoms with van der Waals surface area (Å²) in [6.45, 7) is 0.865. The molecule has 0 bridgehead atoms. The average Bonchev–Trinajstić information content (AvgIpc) is 2.71. The largest absolute Gasteiger partial charge is 0.495 e. The minimum Gasteiger partial charge on any atom is -0.495 e. The van der Waals surface area contributed by atoms with Crippen LogP contribution in [0.5, 0.6) is 5.75 Å². The van der Waals surface area contributed by atoms with Gasteiger partial charge in [0, 0.05) is 18.8 Å². The van der Waals surface area contributed by atoms with Gasteiger partial charge in [-0.3, -0.25) is 4.79 Å². The molecule has 1 aliphatic rings. The number of rotatable bonds is 5. The van der Waals surface area contributed by atoms with Crippen LogP contribution >= 0.6 is 23.2 Å². The molecular weight excluding hydrogens is 442 g/mol. The Labute approximate surface area is 178 Å². The normalized spacial score (nSPS) is 15.2. The number of hydrogen-bond donors (Lipinski definition) is 1. The Morgan fingerprint density at radius 3 is 2.45 bits per heavy atom. The molecule has 0 unspecified atom stereocenters. The first kappa shape index (κ1) is 21.8. The van der Waals surface area contributed by atoms with E-state index in [0.29, 0.717) is 13.1 Å². The Morgan fingerprint density at radius 1 is 1.10 bits per heavy atom. The van der Waals surface area contributed by atoms with Gasteiger partial charge in [-0.05, 0) is 43.2 Å². The molecular formula is C19H19Cl2FN2O4S. The van der Waals surface area contributed by atoms with E-state index in [4.69, 9.17) is 27.9 Å². The van der Waals surface area contributed by atoms with E-state index >= 15 is 0 Å². The fourth-order valence-electron chi connectivity index (χ4n) is 3.10. The van der Waals surface area contributed by atoms with Crippen LogP contribution in [0.2, 0.25) is 10.0 Å². The van der Waals surface area contributed by atoms with E-state index in [-0.39, 0.29) is 31.9 Å². The van der Waals surface area contributed by atoms with Crippen molar-refractivity contribution in [1.29, 1.82) is 0 Å². The Bertz CT molecular complexity index is 1040. The van der Waals surface area contributed by atoms with Crippen molar-refractivity contribution in [3.05, 3.63) is 51.8 Å². The standard InChI is InChI=1S/C19H19Cl2FN2O4S/c1-28-17-6-5-12(9-18(17)29(26,27)24-7-3-2-4-8-24)23-19(25)13-10-16(22)15(21)11-14(13)20/h5-6,9-11H,2-4,7-8H2,1H3,(H,23,25). The summed E-state index contributed by atoms with van der Waals surface area (Å²) < 4.78 is 46.4. The highest BCUT2D eigenvalue weighted by Gasteiger charge is 2.29. The zero-order valence-corrected chi connectivity index (χ0v) is 17.9. The number of sulfonamides is 1. The number of nitrogens with one attached hydrogen (secondary N) is 1. The van der Waals surface area contributed by atoms with Crippen LogP contribution in [0, 0.1) is 5.82 Å². The van der Waals surface area contributed by atoms with Gasteiger partial charge < -0.3 is 10.1 Å². The first-order valence-electron chi connectivity index (χ1n) is 8.88. The summed E-state index contributed by atoms with van der Waals surface area (Å²) in [5, 5.41) is 2.31. The number of benzene rings is 2. The van der Waals surface area contributed by atoms with Crippen molar-refractivity contribution in [1.82, 2.24) is 4.31 Å². The molecule has 10 heteroatoms. The molecule has 0 aromatic heterocycles. The number of carbonyl (C=O) groups excluding carboxylic acids is 1. The van der Waals surface area contributed by atoms with Gasteiger partial charge in [-0.1, -0.05) is 29.6 Å². The summed E-state index contributed by atoms with van der Waals surface area (Å²) in [6, 6.07) is 6.33. The zero-order valence-electron chi connectivity index (χ0n) is 15.5. The van der Waals surface area contributed by atoms with E-state index in [1.54, 1.807) is 0 Å². The third-order valence-electron chi connectivity index (χ3n) is 4.61. The van der Waals surface area contributed by atoms with E-state index in [0.717, 1.165) is 31.4 Å². The van der Waals surface area contributed by atoms with Gasteiger partial charge in [-0.15, -0.1) is 0 Å². The Kier molecular flexibility index (Phi) is 6.68. The van der Waals surface area contributed by atoms with Gasteiger partial charge in [0.25, 0.3) is 5.91 Å². The monoisotopic (exact) mass is 460 g/mol. The van der Waals surface area contributed by atoms with Crippen molar-refractivity contribution in [2.45, 2.75) is 24.2 Å². The number of amides is 1. The Morgan fingerprint density at radius 2 is 1.79 bits per heavy atom. The third kappa shape index (κ3) is 4.66. The summed E-state index contributed by atoms with van der Waals surface area (Å²) >= 11 is 11.6. The molecule has 2 aromatic carbocycles. The van der Waals surface area contributed by atoms with E-state index in [1.807, 2.05) is 0 Å². The van der Waals surface area contributed by atoms with Crippen molar-refractivity contribution in [2.24, 2.45) is 0 Å². The number of piperidine rings is 1. The van der Waals surface area contributed by atoms with Gasteiger partial charge >= 0.3 is 0 Å². The molecule has 3 rings (SSSR count). The van der Waals surface area contributed by atoms with Crippen LogP contribution in [0.3, 0.4) is 0 Å². The maximum atomic E-state index is 13.7. The van der Waals surface area contributed by atoms with E-state index in [2.05, 4.69) is 5.32 Å². The molecule has 29 heavy (non-hydrogen) atoms. The molecule has 0 saturated carbocycles. The molecule has 0 radical (unpaired) electrons. The van der Waals surface area contributed by atoms with Crippen molar-refractivity contribution in [3.8, 4) is 5.75 Å². The molecule has 1 heterocycles. The second-order valence-electron chi connectivity index (χ2n) is 6.53. The third-order valence-corrected chi connectivity index (χ3v) is 7.13. The molecule has 6 nitrogen and oxygen atoms in total. The fourth-order valence-corrected chi connectivity index (χ4v) is 5.26. The summed E-state index contributed by atoms with van der Waals surface area (Å²) in [7, 11) is -2.42. The lowest BCUT2D eigenvalue weighted by atomic mass is 10.2. The lowest BCUT2D eigenvalue weighted by Crippen LogP contribution is -2.35. The molecule has 0 aliphatic carbocycles. The van der Waals surface area contributed by atoms with Crippen molar-refractivity contribution in [3.63, 3.8) is 0 Å². The molecule has 1 aliphatic heterocycles. The van der Waals surface area contributed by atoms with Crippen LogP contribution in [0.1, 0.15) is 29.6 Å². The van der Waals surface area contributed by atoms with Crippen LogP contribution in [-0.4, -0.2) is 38.8 Å². The van der Waals surface area contributed by atoms with Gasteiger partial charge in [0.05, 0.1) is 22.7 Å². The molecule has 2 aromatic rings. The molecule has 1 fully saturated rings. The van der Waals surface area contributed by atoms with Crippen LogP contribution < -0.4 is 10.1 Å². The van der Waals surface area contributed by atoms with E-state index in [9.17, 15) is 17.6 Å². The summed E-state index contributed by atoms with van der Waals surface area (Å²) in [5.41, 5.74) is 0.0858. The molecule has 0 atom stereocenters. The highest BCUT2D eigenvalue weighted by molar-refractivity contribution is 7.89. The minimum absolute atomic E-state index is 0.0245. The highest BCUT2D eigenvalue weighted by Crippen LogP contribution is 2.32. The second-order valence-corrected chi connectivity index (χ2v) is 9.25. The van der Waals surface area contributed by atoms with Crippen molar-refractivity contribution < 1.29 is 22.3 Å². The van der Waals surface area contributed by atoms with Gasteiger partial charge in [-0.2, -0.15) is 4.31 Å². The van der Waals surface area contributed by atoms with Gasteiger partial charge in [-0.25, -0.2) is 12.8 Å². The smallest absolute Gasteiger partial charge is 0.257 e. The van der Waals surface area contributed by atoms with Crippen molar-refractivity contribution >= 4 is 44.8 Å². The van der Waals surface area contributed by atoms with Crippen molar-refractivity contribution in [2.75, 3.05) is 25.5 Å². The fraction of sp³-hybridized carbons (Fsp3) is 0.316. The number of hydrogen-bond acceptors (Lipinski definition) is 4. The van der Waals surface area contributed by atoms with Crippen LogP contribution in [0.15, 0.2) is 35.2 Å². The molecule has 0 spiro atoms. The maximum absolute atomic E-state index is 13.7. The topological polar surface area (TPSA) is 75.7 Å². The SMILES string of the molecule is COc1ccc(NC(=O)c2cc(F)c(Cl)cc2Cl)cc1S(=O)(=O)N1CCCCC1. The summed E-state index contributed by atoms with van der Waals surface area (Å²) in [4.78, 5) is 12.5. The molecule has 1 saturated heterocycles. The van der Waals surface area contributed by atoms with E-state index < -0.39 is 21.7 Å². The Balaban J connectivity index is 1.93. The first-order chi connectivity index (χ1) is 13.7. The maximum Gasteiger partial charge on any atom is 0.257 e. The summed E-state index contributed by atoms with van der Waals surface area (Å²) in [5.74, 6) is -1.31. The van der Waals surface area contributed by atoms with Crippen LogP contribution in [0.25, 0.3) is 0 Å². The quantitative estimate of drug-likeness (QED) is 0.663. The van der Waals surface area contributed by atoms with Gasteiger partial charge in [0.1, 0.15) is 16.5 Å². The lowest BCUT2D eigenvalue weighted by Gasteiger charge is -2.26. The molecule has 1 N–H and O–H groups in total. The number of nitrogens with zero attached hydrogens (tertiary/aromatic N) is 1. The lowest BCUT2D eigenvalue weighted by molar-refractivity contribution is 0.102. The number of halogens is 3. The number of anilines is 1. The van der Waals surface area contributed by atoms with Gasteiger partial charge in [0.2, 0.25) is 10.0 Å². The van der Waals surface area contributed by atoms with Gasteiger partial charge in [0.15, 0.2) is 0 Å². The van der Waals surface area contributed by atoms with E-state index in [1.165, 1.54) is 29.6 Å². The number of carbonyl (C=O) groups is 1. The zero-order chi connectivity index (χ0) is 21.2. The predicted octanol–water partition coefficient (Wildman–Crippen LogP) is 4.57. The molecule has 1 amide bonds. The predicted molar refractivity (Wildman–Crippen MR) is 110 cm³/mol.